The van der Waals surface area contributed by atoms with Gasteiger partial charge in [0.1, 0.15) is 11.6 Å². The third-order valence-corrected chi connectivity index (χ3v) is 2.02. The van der Waals surface area contributed by atoms with Gasteiger partial charge in [-0.2, -0.15) is 0 Å². The Labute approximate surface area is 83.2 Å². The fourth-order valence-electron chi connectivity index (χ4n) is 1.35. The molecule has 2 N–H and O–H groups in total. The monoisotopic (exact) mass is 195 g/mol. The lowest BCUT2D eigenvalue weighted by Crippen LogP contribution is -2.12. The smallest absolute Gasteiger partial charge is 0.131 e. The Morgan fingerprint density at radius 1 is 1.64 bits per heavy atom. The maximum atomic E-state index is 13.4. The van der Waals surface area contributed by atoms with Crippen LogP contribution in [-0.4, -0.2) is 7.11 Å². The van der Waals surface area contributed by atoms with Crippen molar-refractivity contribution in [2.24, 2.45) is 5.73 Å². The predicted octanol–water partition coefficient (Wildman–Crippen LogP) is 2.41. The second-order valence-electron chi connectivity index (χ2n) is 2.99. The molecule has 0 amide bonds. The van der Waals surface area contributed by atoms with Gasteiger partial charge < -0.3 is 10.5 Å². The highest BCUT2D eigenvalue weighted by Crippen LogP contribution is 2.28. The fraction of sp³-hybridized carbons (Fsp3) is 0.273. The van der Waals surface area contributed by atoms with E-state index in [2.05, 4.69) is 6.58 Å². The lowest BCUT2D eigenvalue weighted by Gasteiger charge is -2.14. The van der Waals surface area contributed by atoms with E-state index in [9.17, 15) is 4.39 Å². The molecule has 1 aromatic carbocycles. The summed E-state index contributed by atoms with van der Waals surface area (Å²) in [6.45, 7) is 3.57. The third-order valence-electron chi connectivity index (χ3n) is 2.02. The summed E-state index contributed by atoms with van der Waals surface area (Å²) in [4.78, 5) is 0. The Morgan fingerprint density at radius 2 is 2.36 bits per heavy atom. The highest BCUT2D eigenvalue weighted by molar-refractivity contribution is 5.37. The average molecular weight is 195 g/mol. The molecule has 2 nitrogen and oxygen atoms in total. The zero-order valence-corrected chi connectivity index (χ0v) is 8.16. The van der Waals surface area contributed by atoms with Gasteiger partial charge in [0.15, 0.2) is 0 Å². The van der Waals surface area contributed by atoms with E-state index in [4.69, 9.17) is 10.5 Å². The number of rotatable bonds is 4. The molecule has 0 heterocycles. The van der Waals surface area contributed by atoms with Crippen LogP contribution in [0.1, 0.15) is 18.0 Å². The number of halogens is 1. The van der Waals surface area contributed by atoms with Gasteiger partial charge in [-0.05, 0) is 18.6 Å². The Balaban J connectivity index is 3.09. The first-order valence-corrected chi connectivity index (χ1v) is 4.39. The van der Waals surface area contributed by atoms with E-state index in [1.807, 2.05) is 0 Å². The molecule has 1 atom stereocenters. The number of ether oxygens (including phenoxy) is 1. The molecule has 1 aromatic rings. The van der Waals surface area contributed by atoms with Crippen LogP contribution in [-0.2, 0) is 0 Å². The highest BCUT2D eigenvalue weighted by Gasteiger charge is 2.15. The maximum Gasteiger partial charge on any atom is 0.131 e. The Kier molecular flexibility index (Phi) is 3.65. The zero-order valence-electron chi connectivity index (χ0n) is 8.16. The van der Waals surface area contributed by atoms with E-state index in [0.717, 1.165) is 0 Å². The van der Waals surface area contributed by atoms with Gasteiger partial charge >= 0.3 is 0 Å². The molecule has 76 valence electrons. The number of methoxy groups -OCH3 is 1. The van der Waals surface area contributed by atoms with Crippen LogP contribution in [0.5, 0.6) is 5.75 Å². The Hall–Kier alpha value is -1.35. The Morgan fingerprint density at radius 3 is 2.93 bits per heavy atom. The molecule has 0 bridgehead atoms. The number of benzene rings is 1. The van der Waals surface area contributed by atoms with Crippen LogP contribution in [0.3, 0.4) is 0 Å². The van der Waals surface area contributed by atoms with Crippen molar-refractivity contribution in [1.82, 2.24) is 0 Å². The van der Waals surface area contributed by atoms with E-state index >= 15 is 0 Å². The summed E-state index contributed by atoms with van der Waals surface area (Å²) in [5.41, 5.74) is 6.20. The van der Waals surface area contributed by atoms with Crippen molar-refractivity contribution in [2.75, 3.05) is 7.11 Å². The van der Waals surface area contributed by atoms with E-state index in [0.29, 0.717) is 17.7 Å². The van der Waals surface area contributed by atoms with Crippen molar-refractivity contribution >= 4 is 0 Å². The molecule has 0 aliphatic heterocycles. The number of hydrogen-bond acceptors (Lipinski definition) is 2. The first kappa shape index (κ1) is 10.7. The van der Waals surface area contributed by atoms with Crippen LogP contribution in [0.15, 0.2) is 30.9 Å². The van der Waals surface area contributed by atoms with E-state index in [1.54, 1.807) is 18.2 Å². The number of nitrogens with two attached hydrogens (primary N) is 1. The summed E-state index contributed by atoms with van der Waals surface area (Å²) in [6.07, 6.45) is 2.19. The van der Waals surface area contributed by atoms with E-state index in [-0.39, 0.29) is 5.82 Å². The van der Waals surface area contributed by atoms with Crippen LogP contribution < -0.4 is 10.5 Å². The summed E-state index contributed by atoms with van der Waals surface area (Å²) in [7, 11) is 1.50. The van der Waals surface area contributed by atoms with Gasteiger partial charge in [-0.25, -0.2) is 4.39 Å². The fourth-order valence-corrected chi connectivity index (χ4v) is 1.35. The van der Waals surface area contributed by atoms with Crippen LogP contribution in [0.2, 0.25) is 0 Å². The molecule has 0 aliphatic carbocycles. The molecule has 1 unspecified atom stereocenters. The molecule has 0 saturated carbocycles. The molecule has 0 aromatic heterocycles. The minimum absolute atomic E-state index is 0.335. The van der Waals surface area contributed by atoms with Crippen molar-refractivity contribution in [3.05, 3.63) is 42.2 Å². The van der Waals surface area contributed by atoms with E-state index < -0.39 is 6.04 Å². The van der Waals surface area contributed by atoms with Crippen molar-refractivity contribution < 1.29 is 9.13 Å². The lowest BCUT2D eigenvalue weighted by atomic mass is 10.0. The van der Waals surface area contributed by atoms with Gasteiger partial charge in [0.2, 0.25) is 0 Å². The molecule has 0 radical (unpaired) electrons. The van der Waals surface area contributed by atoms with Gasteiger partial charge in [-0.3, -0.25) is 0 Å². The third kappa shape index (κ3) is 2.12. The summed E-state index contributed by atoms with van der Waals surface area (Å²) < 4.78 is 18.5. The molecule has 1 rings (SSSR count). The lowest BCUT2D eigenvalue weighted by molar-refractivity contribution is 0.399. The first-order valence-electron chi connectivity index (χ1n) is 4.39. The second-order valence-corrected chi connectivity index (χ2v) is 2.99. The summed E-state index contributed by atoms with van der Waals surface area (Å²) >= 11 is 0. The van der Waals surface area contributed by atoms with E-state index in [1.165, 1.54) is 13.2 Å². The highest BCUT2D eigenvalue weighted by atomic mass is 19.1. The van der Waals surface area contributed by atoms with Crippen molar-refractivity contribution in [1.29, 1.82) is 0 Å². The van der Waals surface area contributed by atoms with Crippen LogP contribution in [0, 0.1) is 5.82 Å². The molecule has 0 fully saturated rings. The van der Waals surface area contributed by atoms with Crippen molar-refractivity contribution in [3.63, 3.8) is 0 Å². The quantitative estimate of drug-likeness (QED) is 0.749. The molecular formula is C11H14FNO. The standard InChI is InChI=1S/C11H14FNO/c1-3-5-9(13)11-8(12)6-4-7-10(11)14-2/h3-4,6-7,9H,1,5,13H2,2H3. The topological polar surface area (TPSA) is 35.2 Å². The van der Waals surface area contributed by atoms with Crippen LogP contribution in [0.25, 0.3) is 0 Å². The van der Waals surface area contributed by atoms with Crippen LogP contribution in [0.4, 0.5) is 4.39 Å². The van der Waals surface area contributed by atoms with Gasteiger partial charge in [0, 0.05) is 11.6 Å². The SMILES string of the molecule is C=CCC(N)c1c(F)cccc1OC. The molecule has 0 aliphatic rings. The molecule has 3 heteroatoms. The van der Waals surface area contributed by atoms with Crippen molar-refractivity contribution in [2.45, 2.75) is 12.5 Å². The number of hydrogen-bond donors (Lipinski definition) is 1. The van der Waals surface area contributed by atoms with Crippen LogP contribution >= 0.6 is 0 Å². The predicted molar refractivity (Wildman–Crippen MR) is 54.7 cm³/mol. The Bertz CT molecular complexity index is 325. The first-order chi connectivity index (χ1) is 6.70. The van der Waals surface area contributed by atoms with Gasteiger partial charge in [0.25, 0.3) is 0 Å². The van der Waals surface area contributed by atoms with Gasteiger partial charge in [-0.15, -0.1) is 6.58 Å². The average Bonchev–Trinajstić information content (AvgIpc) is 2.17. The zero-order chi connectivity index (χ0) is 10.6. The van der Waals surface area contributed by atoms with Crippen molar-refractivity contribution in [3.8, 4) is 5.75 Å². The van der Waals surface area contributed by atoms with Gasteiger partial charge in [-0.1, -0.05) is 12.1 Å². The summed E-state index contributed by atoms with van der Waals surface area (Å²) in [6, 6.07) is 4.27. The molecule has 0 spiro atoms. The second kappa shape index (κ2) is 4.77. The normalized spacial score (nSPS) is 12.2. The maximum absolute atomic E-state index is 13.4. The summed E-state index contributed by atoms with van der Waals surface area (Å²) in [5, 5.41) is 0. The summed E-state index contributed by atoms with van der Waals surface area (Å²) in [5.74, 6) is 0.151. The molecule has 0 saturated heterocycles. The van der Waals surface area contributed by atoms with Gasteiger partial charge in [0.05, 0.1) is 7.11 Å². The largest absolute Gasteiger partial charge is 0.496 e. The molecule has 14 heavy (non-hydrogen) atoms. The minimum atomic E-state index is -0.399. The molecular weight excluding hydrogens is 181 g/mol. The minimum Gasteiger partial charge on any atom is -0.496 e.